The number of nitrogens with one attached hydrogen (secondary N) is 2. The van der Waals surface area contributed by atoms with Crippen LogP contribution in [0, 0.1) is 19.8 Å². The SMILES string of the molecule is C=CCn1c(SCC(=O)Nc2cc(C)c(C)cc2Br)nnc1[C@@H](NC(=O)c1ccccc1Cl)C(C)C. The Balaban J connectivity index is 1.77. The van der Waals surface area contributed by atoms with Gasteiger partial charge in [-0.3, -0.25) is 9.59 Å². The molecule has 1 heterocycles. The lowest BCUT2D eigenvalue weighted by molar-refractivity contribution is -0.113. The van der Waals surface area contributed by atoms with E-state index in [4.69, 9.17) is 11.6 Å². The summed E-state index contributed by atoms with van der Waals surface area (Å²) in [5.74, 6) is 0.302. The summed E-state index contributed by atoms with van der Waals surface area (Å²) in [6, 6.07) is 10.4. The summed E-state index contributed by atoms with van der Waals surface area (Å²) in [5, 5.41) is 15.6. The smallest absolute Gasteiger partial charge is 0.253 e. The van der Waals surface area contributed by atoms with Crippen LogP contribution < -0.4 is 10.6 Å². The molecular weight excluding hydrogens is 562 g/mol. The number of allylic oxidation sites excluding steroid dienone is 1. The van der Waals surface area contributed by atoms with Gasteiger partial charge in [-0.1, -0.05) is 55.4 Å². The van der Waals surface area contributed by atoms with Gasteiger partial charge < -0.3 is 15.2 Å². The fourth-order valence-corrected chi connectivity index (χ4v) is 5.06. The zero-order chi connectivity index (χ0) is 26.4. The number of carbonyl (C=O) groups is 2. The van der Waals surface area contributed by atoms with E-state index in [1.807, 2.05) is 44.4 Å². The Morgan fingerprint density at radius 3 is 2.56 bits per heavy atom. The van der Waals surface area contributed by atoms with Crippen molar-refractivity contribution in [1.82, 2.24) is 20.1 Å². The van der Waals surface area contributed by atoms with Gasteiger partial charge in [-0.25, -0.2) is 0 Å². The maximum absolute atomic E-state index is 13.0. The summed E-state index contributed by atoms with van der Waals surface area (Å²) >= 11 is 11.0. The van der Waals surface area contributed by atoms with Crippen molar-refractivity contribution in [3.8, 4) is 0 Å². The minimum Gasteiger partial charge on any atom is -0.342 e. The molecule has 2 N–H and O–H groups in total. The van der Waals surface area contributed by atoms with Gasteiger partial charge in [0.05, 0.1) is 28.1 Å². The van der Waals surface area contributed by atoms with Gasteiger partial charge in [-0.05, 0) is 71.1 Å². The lowest BCUT2D eigenvalue weighted by atomic mass is 10.0. The van der Waals surface area contributed by atoms with E-state index >= 15 is 0 Å². The van der Waals surface area contributed by atoms with Crippen LogP contribution in [-0.2, 0) is 11.3 Å². The van der Waals surface area contributed by atoms with E-state index < -0.39 is 6.04 Å². The molecule has 3 rings (SSSR count). The Morgan fingerprint density at radius 2 is 1.89 bits per heavy atom. The number of amides is 2. The highest BCUT2D eigenvalue weighted by molar-refractivity contribution is 9.10. The predicted octanol–water partition coefficient (Wildman–Crippen LogP) is 6.35. The summed E-state index contributed by atoms with van der Waals surface area (Å²) in [6.45, 7) is 12.3. The molecule has 3 aromatic rings. The summed E-state index contributed by atoms with van der Waals surface area (Å²) in [6.07, 6.45) is 1.73. The number of carbonyl (C=O) groups excluding carboxylic acids is 2. The maximum atomic E-state index is 13.0. The Bertz CT molecular complexity index is 1280. The monoisotopic (exact) mass is 589 g/mol. The van der Waals surface area contributed by atoms with Crippen LogP contribution in [0.15, 0.2) is 58.7 Å². The number of anilines is 1. The third-order valence-electron chi connectivity index (χ3n) is 5.60. The highest BCUT2D eigenvalue weighted by Crippen LogP contribution is 2.28. The first-order valence-corrected chi connectivity index (χ1v) is 13.6. The van der Waals surface area contributed by atoms with E-state index in [-0.39, 0.29) is 23.5 Å². The van der Waals surface area contributed by atoms with Crippen LogP contribution in [0.1, 0.15) is 47.2 Å². The van der Waals surface area contributed by atoms with Crippen LogP contribution in [-0.4, -0.2) is 32.3 Å². The van der Waals surface area contributed by atoms with Gasteiger partial charge >= 0.3 is 0 Å². The van der Waals surface area contributed by atoms with E-state index in [1.165, 1.54) is 11.8 Å². The topological polar surface area (TPSA) is 88.9 Å². The van der Waals surface area contributed by atoms with Crippen molar-refractivity contribution in [3.05, 3.63) is 81.1 Å². The molecule has 0 radical (unpaired) electrons. The summed E-state index contributed by atoms with van der Waals surface area (Å²) in [7, 11) is 0. The van der Waals surface area contributed by atoms with Crippen molar-refractivity contribution < 1.29 is 9.59 Å². The largest absolute Gasteiger partial charge is 0.342 e. The van der Waals surface area contributed by atoms with E-state index in [9.17, 15) is 9.59 Å². The normalized spacial score (nSPS) is 11.9. The van der Waals surface area contributed by atoms with Crippen molar-refractivity contribution >= 4 is 56.8 Å². The molecule has 10 heteroatoms. The molecule has 0 fully saturated rings. The molecular formula is C26H29BrClN5O2S. The highest BCUT2D eigenvalue weighted by atomic mass is 79.9. The fraction of sp³-hybridized carbons (Fsp3) is 0.308. The van der Waals surface area contributed by atoms with E-state index in [1.54, 1.807) is 30.3 Å². The molecule has 36 heavy (non-hydrogen) atoms. The molecule has 0 unspecified atom stereocenters. The predicted molar refractivity (Wildman–Crippen MR) is 150 cm³/mol. The first-order valence-electron chi connectivity index (χ1n) is 11.4. The van der Waals surface area contributed by atoms with Gasteiger partial charge in [-0.2, -0.15) is 0 Å². The molecule has 0 aliphatic rings. The average Bonchev–Trinajstić information content (AvgIpc) is 3.22. The third-order valence-corrected chi connectivity index (χ3v) is 7.55. The summed E-state index contributed by atoms with van der Waals surface area (Å²) < 4.78 is 2.70. The van der Waals surface area contributed by atoms with Crippen molar-refractivity contribution in [2.45, 2.75) is 45.4 Å². The number of benzene rings is 2. The number of nitrogens with zero attached hydrogens (tertiary/aromatic N) is 3. The second kappa shape index (κ2) is 12.6. The standard InChI is InChI=1S/C26H29BrClN5O2S/c1-6-11-33-24(23(15(2)3)30-25(35)18-9-7-8-10-20(18)28)31-32-26(33)36-14-22(34)29-21-13-17(5)16(4)12-19(21)27/h6-10,12-13,15,23H,1,11,14H2,2-5H3,(H,29,34)(H,30,35)/t23-/m0/s1. The highest BCUT2D eigenvalue weighted by Gasteiger charge is 2.27. The summed E-state index contributed by atoms with van der Waals surface area (Å²) in [5.41, 5.74) is 3.35. The third kappa shape index (κ3) is 6.78. The number of hydrogen-bond donors (Lipinski definition) is 2. The second-order valence-corrected chi connectivity index (χ2v) is 10.9. The molecule has 0 spiro atoms. The van der Waals surface area contributed by atoms with Crippen molar-refractivity contribution in [1.29, 1.82) is 0 Å². The number of rotatable bonds is 10. The zero-order valence-electron chi connectivity index (χ0n) is 20.6. The van der Waals surface area contributed by atoms with Crippen LogP contribution in [0.25, 0.3) is 0 Å². The molecule has 0 aliphatic heterocycles. The lowest BCUT2D eigenvalue weighted by Gasteiger charge is -2.23. The Morgan fingerprint density at radius 1 is 1.19 bits per heavy atom. The maximum Gasteiger partial charge on any atom is 0.253 e. The molecule has 0 saturated heterocycles. The average molecular weight is 591 g/mol. The molecule has 0 aliphatic carbocycles. The minimum atomic E-state index is -0.420. The van der Waals surface area contributed by atoms with Crippen LogP contribution in [0.3, 0.4) is 0 Å². The molecule has 2 aromatic carbocycles. The number of halogens is 2. The van der Waals surface area contributed by atoms with Gasteiger partial charge in [0.1, 0.15) is 0 Å². The number of aromatic nitrogens is 3. The first-order chi connectivity index (χ1) is 17.1. The number of aryl methyl sites for hydroxylation is 2. The van der Waals surface area contributed by atoms with E-state index in [2.05, 4.69) is 43.3 Å². The molecule has 0 saturated carbocycles. The van der Waals surface area contributed by atoms with Gasteiger partial charge in [-0.15, -0.1) is 16.8 Å². The van der Waals surface area contributed by atoms with Crippen molar-refractivity contribution in [2.75, 3.05) is 11.1 Å². The van der Waals surface area contributed by atoms with Crippen molar-refractivity contribution in [2.24, 2.45) is 5.92 Å². The molecule has 1 aromatic heterocycles. The van der Waals surface area contributed by atoms with Gasteiger partial charge in [0.2, 0.25) is 5.91 Å². The van der Waals surface area contributed by atoms with Gasteiger partial charge in [0.25, 0.3) is 5.91 Å². The lowest BCUT2D eigenvalue weighted by Crippen LogP contribution is -2.34. The Kier molecular flexibility index (Phi) is 9.76. The van der Waals surface area contributed by atoms with Crippen LogP contribution in [0.2, 0.25) is 5.02 Å². The zero-order valence-corrected chi connectivity index (χ0v) is 23.8. The molecule has 2 amide bonds. The molecule has 7 nitrogen and oxygen atoms in total. The van der Waals surface area contributed by atoms with Crippen LogP contribution in [0.4, 0.5) is 5.69 Å². The number of hydrogen-bond acceptors (Lipinski definition) is 5. The fourth-order valence-electron chi connectivity index (χ4n) is 3.52. The Hall–Kier alpha value is -2.62. The molecule has 1 atom stereocenters. The molecule has 0 bridgehead atoms. The van der Waals surface area contributed by atoms with Crippen LogP contribution in [0.5, 0.6) is 0 Å². The summed E-state index contributed by atoms with van der Waals surface area (Å²) in [4.78, 5) is 25.6. The van der Waals surface area contributed by atoms with E-state index in [0.717, 1.165) is 21.3 Å². The number of thioether (sulfide) groups is 1. The molecule has 190 valence electrons. The van der Waals surface area contributed by atoms with Gasteiger partial charge in [0.15, 0.2) is 11.0 Å². The second-order valence-electron chi connectivity index (χ2n) is 8.67. The minimum absolute atomic E-state index is 0.0208. The van der Waals surface area contributed by atoms with Gasteiger partial charge in [0, 0.05) is 11.0 Å². The quantitative estimate of drug-likeness (QED) is 0.212. The first kappa shape index (κ1) is 28.0. The van der Waals surface area contributed by atoms with E-state index in [0.29, 0.717) is 28.1 Å². The van der Waals surface area contributed by atoms with Crippen LogP contribution >= 0.6 is 39.3 Å². The Labute approximate surface area is 229 Å². The van der Waals surface area contributed by atoms with Crippen molar-refractivity contribution in [3.63, 3.8) is 0 Å².